The number of nitrogens with zero attached hydrogens (tertiary/aromatic N) is 1. The average molecular weight is 242 g/mol. The lowest BCUT2D eigenvalue weighted by Gasteiger charge is -2.38. The first-order valence-electron chi connectivity index (χ1n) is 7.24. The molecule has 2 heteroatoms. The van der Waals surface area contributed by atoms with Crippen LogP contribution in [0.1, 0.15) is 54.4 Å². The van der Waals surface area contributed by atoms with Gasteiger partial charge in [0.05, 0.1) is 0 Å². The van der Waals surface area contributed by atoms with Gasteiger partial charge in [-0.25, -0.2) is 0 Å². The maximum Gasteiger partial charge on any atom is 0.00903 e. The smallest absolute Gasteiger partial charge is 0.00903 e. The summed E-state index contributed by atoms with van der Waals surface area (Å²) >= 11 is 0. The summed E-state index contributed by atoms with van der Waals surface area (Å²) in [4.78, 5) is 2.70. The van der Waals surface area contributed by atoms with Gasteiger partial charge < -0.3 is 5.32 Å². The van der Waals surface area contributed by atoms with Crippen LogP contribution in [0.4, 0.5) is 0 Å². The molecule has 0 rings (SSSR count). The third kappa shape index (κ3) is 7.05. The molecule has 0 aliphatic rings. The van der Waals surface area contributed by atoms with Crippen LogP contribution in [0, 0.1) is 11.3 Å². The second-order valence-electron chi connectivity index (χ2n) is 6.49. The first-order chi connectivity index (χ1) is 7.86. The van der Waals surface area contributed by atoms with Crippen molar-refractivity contribution in [1.82, 2.24) is 10.2 Å². The van der Waals surface area contributed by atoms with E-state index in [1.807, 2.05) is 7.05 Å². The number of rotatable bonds is 9. The maximum absolute atomic E-state index is 3.31. The Hall–Kier alpha value is -0.0800. The molecule has 0 aliphatic heterocycles. The van der Waals surface area contributed by atoms with Gasteiger partial charge in [-0.15, -0.1) is 0 Å². The van der Waals surface area contributed by atoms with E-state index in [-0.39, 0.29) is 0 Å². The summed E-state index contributed by atoms with van der Waals surface area (Å²) in [6.07, 6.45) is 2.53. The fraction of sp³-hybridized carbons (Fsp3) is 1.00. The van der Waals surface area contributed by atoms with Crippen molar-refractivity contribution in [1.29, 1.82) is 0 Å². The molecule has 2 nitrogen and oxygen atoms in total. The molecule has 0 saturated heterocycles. The second kappa shape index (κ2) is 8.10. The summed E-state index contributed by atoms with van der Waals surface area (Å²) in [6, 6.07) is 0.744. The van der Waals surface area contributed by atoms with Crippen LogP contribution < -0.4 is 5.32 Å². The fourth-order valence-electron chi connectivity index (χ4n) is 2.70. The lowest BCUT2D eigenvalue weighted by atomic mass is 9.91. The van der Waals surface area contributed by atoms with Crippen LogP contribution in [-0.2, 0) is 0 Å². The Bertz CT molecular complexity index is 183. The topological polar surface area (TPSA) is 15.3 Å². The first-order valence-corrected chi connectivity index (χ1v) is 7.24. The molecule has 0 spiro atoms. The molecule has 0 unspecified atom stereocenters. The van der Waals surface area contributed by atoms with Gasteiger partial charge in [0.25, 0.3) is 0 Å². The molecule has 0 aliphatic carbocycles. The Labute approximate surface area is 109 Å². The SMILES string of the molecule is CCC(CC)N(CC(C)C)CC(C)(C)CNC. The van der Waals surface area contributed by atoms with Gasteiger partial charge in [-0.3, -0.25) is 4.90 Å². The van der Waals surface area contributed by atoms with Crippen molar-refractivity contribution in [2.45, 2.75) is 60.4 Å². The largest absolute Gasteiger partial charge is 0.319 e. The van der Waals surface area contributed by atoms with Crippen molar-refractivity contribution >= 4 is 0 Å². The minimum absolute atomic E-state index is 0.353. The summed E-state index contributed by atoms with van der Waals surface area (Å²) in [5.74, 6) is 0.751. The van der Waals surface area contributed by atoms with E-state index in [0.29, 0.717) is 5.41 Å². The van der Waals surface area contributed by atoms with Gasteiger partial charge in [-0.05, 0) is 31.2 Å². The van der Waals surface area contributed by atoms with Gasteiger partial charge in [0, 0.05) is 25.7 Å². The Morgan fingerprint density at radius 1 is 1.12 bits per heavy atom. The van der Waals surface area contributed by atoms with E-state index in [0.717, 1.165) is 18.5 Å². The summed E-state index contributed by atoms with van der Waals surface area (Å²) in [7, 11) is 2.05. The van der Waals surface area contributed by atoms with Crippen molar-refractivity contribution in [3.63, 3.8) is 0 Å². The molecule has 0 bridgehead atoms. The molecule has 17 heavy (non-hydrogen) atoms. The van der Waals surface area contributed by atoms with Crippen LogP contribution in [0.25, 0.3) is 0 Å². The van der Waals surface area contributed by atoms with Gasteiger partial charge in [-0.2, -0.15) is 0 Å². The van der Waals surface area contributed by atoms with Crippen molar-refractivity contribution in [3.8, 4) is 0 Å². The third-order valence-corrected chi connectivity index (χ3v) is 3.35. The van der Waals surface area contributed by atoms with Crippen LogP contribution in [0.2, 0.25) is 0 Å². The average Bonchev–Trinajstić information content (AvgIpc) is 2.17. The highest BCUT2D eigenvalue weighted by Gasteiger charge is 2.25. The third-order valence-electron chi connectivity index (χ3n) is 3.35. The van der Waals surface area contributed by atoms with E-state index < -0.39 is 0 Å². The van der Waals surface area contributed by atoms with Crippen molar-refractivity contribution in [2.24, 2.45) is 11.3 Å². The van der Waals surface area contributed by atoms with E-state index in [2.05, 4.69) is 51.8 Å². The van der Waals surface area contributed by atoms with Gasteiger partial charge in [0.2, 0.25) is 0 Å². The molecule has 104 valence electrons. The molecule has 0 amide bonds. The van der Waals surface area contributed by atoms with Crippen LogP contribution in [-0.4, -0.2) is 37.6 Å². The highest BCUT2D eigenvalue weighted by molar-refractivity contribution is 4.80. The maximum atomic E-state index is 3.31. The summed E-state index contributed by atoms with van der Waals surface area (Å²) < 4.78 is 0. The minimum Gasteiger partial charge on any atom is -0.319 e. The minimum atomic E-state index is 0.353. The van der Waals surface area contributed by atoms with Crippen LogP contribution in [0.3, 0.4) is 0 Å². The molecule has 0 heterocycles. The van der Waals surface area contributed by atoms with Crippen molar-refractivity contribution in [3.05, 3.63) is 0 Å². The van der Waals surface area contributed by atoms with E-state index in [1.165, 1.54) is 25.9 Å². The van der Waals surface area contributed by atoms with Gasteiger partial charge >= 0.3 is 0 Å². The zero-order valence-corrected chi connectivity index (χ0v) is 13.1. The van der Waals surface area contributed by atoms with E-state index >= 15 is 0 Å². The standard InChI is InChI=1S/C15H34N2/c1-8-14(9-2)17(10-13(3)4)12-15(5,6)11-16-7/h13-14,16H,8-12H2,1-7H3. The monoisotopic (exact) mass is 242 g/mol. The van der Waals surface area contributed by atoms with Crippen LogP contribution >= 0.6 is 0 Å². The summed E-state index contributed by atoms with van der Waals surface area (Å²) in [5.41, 5.74) is 0.353. The highest BCUT2D eigenvalue weighted by Crippen LogP contribution is 2.21. The Kier molecular flexibility index (Phi) is 8.06. The quantitative estimate of drug-likeness (QED) is 0.667. The number of hydrogen-bond acceptors (Lipinski definition) is 2. The normalized spacial score (nSPS) is 13.1. The first kappa shape index (κ1) is 16.9. The van der Waals surface area contributed by atoms with Crippen LogP contribution in [0.5, 0.6) is 0 Å². The number of hydrogen-bond donors (Lipinski definition) is 1. The van der Waals surface area contributed by atoms with E-state index in [4.69, 9.17) is 0 Å². The molecule has 0 aromatic carbocycles. The molecule has 0 radical (unpaired) electrons. The fourth-order valence-corrected chi connectivity index (χ4v) is 2.70. The van der Waals surface area contributed by atoms with Crippen molar-refractivity contribution < 1.29 is 0 Å². The van der Waals surface area contributed by atoms with Crippen LogP contribution in [0.15, 0.2) is 0 Å². The molecule has 0 atom stereocenters. The molecule has 0 aromatic rings. The molecular weight excluding hydrogens is 208 g/mol. The van der Waals surface area contributed by atoms with Gasteiger partial charge in [0.15, 0.2) is 0 Å². The Morgan fingerprint density at radius 3 is 2.00 bits per heavy atom. The molecule has 0 saturated carbocycles. The predicted molar refractivity (Wildman–Crippen MR) is 78.5 cm³/mol. The van der Waals surface area contributed by atoms with E-state index in [9.17, 15) is 0 Å². The van der Waals surface area contributed by atoms with Gasteiger partial charge in [-0.1, -0.05) is 41.5 Å². The predicted octanol–water partition coefficient (Wildman–Crippen LogP) is 3.38. The van der Waals surface area contributed by atoms with Gasteiger partial charge in [0.1, 0.15) is 0 Å². The number of nitrogens with one attached hydrogen (secondary N) is 1. The zero-order valence-electron chi connectivity index (χ0n) is 13.1. The molecular formula is C15H34N2. The lowest BCUT2D eigenvalue weighted by molar-refractivity contribution is 0.108. The second-order valence-corrected chi connectivity index (χ2v) is 6.49. The Morgan fingerprint density at radius 2 is 1.65 bits per heavy atom. The summed E-state index contributed by atoms with van der Waals surface area (Å²) in [6.45, 7) is 17.5. The van der Waals surface area contributed by atoms with E-state index in [1.54, 1.807) is 0 Å². The van der Waals surface area contributed by atoms with Crippen molar-refractivity contribution in [2.75, 3.05) is 26.7 Å². The molecule has 0 fully saturated rings. The highest BCUT2D eigenvalue weighted by atomic mass is 15.2. The molecule has 0 aromatic heterocycles. The Balaban J connectivity index is 4.56. The summed E-state index contributed by atoms with van der Waals surface area (Å²) in [5, 5.41) is 3.31. The zero-order chi connectivity index (χ0) is 13.5. The molecule has 1 N–H and O–H groups in total. The lowest BCUT2D eigenvalue weighted by Crippen LogP contribution is -2.45.